The Bertz CT molecular complexity index is 672. The van der Waals surface area contributed by atoms with Crippen molar-refractivity contribution in [2.45, 2.75) is 19.4 Å². The normalized spacial score (nSPS) is 19.5. The lowest BCUT2D eigenvalue weighted by Gasteiger charge is -2.22. The maximum absolute atomic E-state index is 12.6. The van der Waals surface area contributed by atoms with E-state index in [1.807, 2.05) is 31.2 Å². The molecule has 0 radical (unpaired) electrons. The van der Waals surface area contributed by atoms with Gasteiger partial charge >= 0.3 is 0 Å². The fourth-order valence-electron chi connectivity index (χ4n) is 2.65. The maximum Gasteiger partial charge on any atom is 0.272 e. The molecule has 3 rings (SSSR count). The largest absolute Gasteiger partial charge is 0.398 e. The molecule has 1 amide bonds. The summed E-state index contributed by atoms with van der Waals surface area (Å²) in [6.07, 6.45) is 0.897. The predicted octanol–water partition coefficient (Wildman–Crippen LogP) is 2.07. The van der Waals surface area contributed by atoms with Crippen molar-refractivity contribution in [3.8, 4) is 0 Å². The Kier molecular flexibility index (Phi) is 3.75. The number of fused-ring (bicyclic) bond motifs is 1. The summed E-state index contributed by atoms with van der Waals surface area (Å²) in [5, 5.41) is 0.876. The molecule has 1 fully saturated rings. The van der Waals surface area contributed by atoms with Crippen LogP contribution in [0.25, 0.3) is 10.9 Å². The van der Waals surface area contributed by atoms with Crippen molar-refractivity contribution >= 4 is 22.5 Å². The Balaban J connectivity index is 1.93. The van der Waals surface area contributed by atoms with Crippen LogP contribution in [0.15, 0.2) is 30.3 Å². The van der Waals surface area contributed by atoms with E-state index in [1.54, 1.807) is 11.0 Å². The Morgan fingerprint density at radius 1 is 1.43 bits per heavy atom. The number of para-hydroxylation sites is 1. The lowest BCUT2D eigenvalue weighted by atomic mass is 10.1. The van der Waals surface area contributed by atoms with Gasteiger partial charge in [0.05, 0.1) is 11.6 Å². The number of nitrogens with zero attached hydrogens (tertiary/aromatic N) is 2. The highest BCUT2D eigenvalue weighted by atomic mass is 16.5. The van der Waals surface area contributed by atoms with Crippen LogP contribution < -0.4 is 5.73 Å². The van der Waals surface area contributed by atoms with Gasteiger partial charge in [0, 0.05) is 30.8 Å². The van der Waals surface area contributed by atoms with E-state index in [4.69, 9.17) is 10.5 Å². The topological polar surface area (TPSA) is 68.5 Å². The Morgan fingerprint density at radius 3 is 3.10 bits per heavy atom. The fraction of sp³-hybridized carbons (Fsp3) is 0.375. The van der Waals surface area contributed by atoms with E-state index in [9.17, 15) is 4.79 Å². The van der Waals surface area contributed by atoms with Gasteiger partial charge in [-0.2, -0.15) is 0 Å². The van der Waals surface area contributed by atoms with E-state index >= 15 is 0 Å². The highest BCUT2D eigenvalue weighted by Crippen LogP contribution is 2.21. The molecule has 0 aliphatic carbocycles. The zero-order valence-corrected chi connectivity index (χ0v) is 12.1. The van der Waals surface area contributed by atoms with E-state index in [0.717, 1.165) is 17.3 Å². The molecule has 1 saturated heterocycles. The number of amides is 1. The lowest BCUT2D eigenvalue weighted by molar-refractivity contribution is 0.0559. The molecule has 1 aromatic carbocycles. The first-order valence-corrected chi connectivity index (χ1v) is 7.21. The summed E-state index contributed by atoms with van der Waals surface area (Å²) in [7, 11) is 0. The van der Waals surface area contributed by atoms with E-state index in [1.165, 1.54) is 0 Å². The van der Waals surface area contributed by atoms with Crippen molar-refractivity contribution in [1.29, 1.82) is 0 Å². The molecule has 2 aromatic rings. The molecule has 21 heavy (non-hydrogen) atoms. The molecule has 1 unspecified atom stereocenters. The number of aromatic nitrogens is 1. The summed E-state index contributed by atoms with van der Waals surface area (Å²) < 4.78 is 5.57. The van der Waals surface area contributed by atoms with Crippen LogP contribution in [-0.2, 0) is 4.74 Å². The van der Waals surface area contributed by atoms with Crippen molar-refractivity contribution in [2.75, 3.05) is 25.4 Å². The molecule has 5 heteroatoms. The standard InChI is InChI=1S/C16H19N3O2/c1-11-10-19(7-4-8-21-11)16(20)15-9-13(17)12-5-2-3-6-14(12)18-15/h2-3,5-6,9,11H,4,7-8,10H2,1H3,(H2,17,18). The molecule has 0 bridgehead atoms. The Labute approximate surface area is 123 Å². The molecule has 1 atom stereocenters. The number of hydrogen-bond donors (Lipinski definition) is 1. The predicted molar refractivity (Wildman–Crippen MR) is 82.1 cm³/mol. The average Bonchev–Trinajstić information content (AvgIpc) is 2.71. The quantitative estimate of drug-likeness (QED) is 0.871. The zero-order valence-electron chi connectivity index (χ0n) is 12.1. The molecule has 2 N–H and O–H groups in total. The number of anilines is 1. The van der Waals surface area contributed by atoms with Gasteiger partial charge in [-0.25, -0.2) is 4.98 Å². The van der Waals surface area contributed by atoms with Crippen molar-refractivity contribution in [3.63, 3.8) is 0 Å². The van der Waals surface area contributed by atoms with Crippen molar-refractivity contribution in [2.24, 2.45) is 0 Å². The SMILES string of the molecule is CC1CN(C(=O)c2cc(N)c3ccccc3n2)CCCO1. The van der Waals surface area contributed by atoms with Crippen LogP contribution in [-0.4, -0.2) is 41.6 Å². The summed E-state index contributed by atoms with van der Waals surface area (Å²) in [5.41, 5.74) is 7.79. The van der Waals surface area contributed by atoms with Gasteiger partial charge in [0.15, 0.2) is 0 Å². The molecule has 5 nitrogen and oxygen atoms in total. The maximum atomic E-state index is 12.6. The molecular weight excluding hydrogens is 266 g/mol. The lowest BCUT2D eigenvalue weighted by Crippen LogP contribution is -2.36. The number of pyridine rings is 1. The number of nitrogens with two attached hydrogens (primary N) is 1. The Morgan fingerprint density at radius 2 is 2.24 bits per heavy atom. The third kappa shape index (κ3) is 2.83. The minimum absolute atomic E-state index is 0.0502. The first-order chi connectivity index (χ1) is 10.1. The van der Waals surface area contributed by atoms with Gasteiger partial charge in [-0.05, 0) is 25.5 Å². The monoisotopic (exact) mass is 285 g/mol. The smallest absolute Gasteiger partial charge is 0.272 e. The van der Waals surface area contributed by atoms with Crippen LogP contribution in [0.4, 0.5) is 5.69 Å². The van der Waals surface area contributed by atoms with E-state index in [-0.39, 0.29) is 12.0 Å². The first-order valence-electron chi connectivity index (χ1n) is 7.21. The number of benzene rings is 1. The van der Waals surface area contributed by atoms with E-state index in [0.29, 0.717) is 31.1 Å². The van der Waals surface area contributed by atoms with Gasteiger partial charge in [-0.15, -0.1) is 0 Å². The molecule has 1 aliphatic heterocycles. The second-order valence-corrected chi connectivity index (χ2v) is 5.40. The molecule has 0 spiro atoms. The van der Waals surface area contributed by atoms with Gasteiger partial charge in [-0.3, -0.25) is 4.79 Å². The average molecular weight is 285 g/mol. The number of nitrogen functional groups attached to an aromatic ring is 1. The number of ether oxygens (including phenoxy) is 1. The summed E-state index contributed by atoms with van der Waals surface area (Å²) in [6, 6.07) is 9.26. The van der Waals surface area contributed by atoms with Crippen LogP contribution in [0.2, 0.25) is 0 Å². The van der Waals surface area contributed by atoms with Crippen LogP contribution >= 0.6 is 0 Å². The van der Waals surface area contributed by atoms with Gasteiger partial charge in [0.2, 0.25) is 0 Å². The van der Waals surface area contributed by atoms with Crippen molar-refractivity contribution in [3.05, 3.63) is 36.0 Å². The van der Waals surface area contributed by atoms with Crippen LogP contribution in [0, 0.1) is 0 Å². The molecule has 1 aromatic heterocycles. The molecule has 110 valence electrons. The number of carbonyl (C=O) groups is 1. The van der Waals surface area contributed by atoms with Gasteiger partial charge < -0.3 is 15.4 Å². The fourth-order valence-corrected chi connectivity index (χ4v) is 2.65. The second-order valence-electron chi connectivity index (χ2n) is 5.40. The summed E-state index contributed by atoms with van der Waals surface area (Å²) in [4.78, 5) is 18.9. The number of rotatable bonds is 1. The van der Waals surface area contributed by atoms with E-state index in [2.05, 4.69) is 4.98 Å². The zero-order chi connectivity index (χ0) is 14.8. The number of hydrogen-bond acceptors (Lipinski definition) is 4. The van der Waals surface area contributed by atoms with Gasteiger partial charge in [0.1, 0.15) is 5.69 Å². The molecule has 2 heterocycles. The third-order valence-corrected chi connectivity index (χ3v) is 3.71. The van der Waals surface area contributed by atoms with Gasteiger partial charge in [-0.1, -0.05) is 18.2 Å². The van der Waals surface area contributed by atoms with Crippen molar-refractivity contribution < 1.29 is 9.53 Å². The molecular formula is C16H19N3O2. The first kappa shape index (κ1) is 13.8. The molecule has 0 saturated carbocycles. The third-order valence-electron chi connectivity index (χ3n) is 3.71. The highest BCUT2D eigenvalue weighted by molar-refractivity contribution is 5.99. The number of carbonyl (C=O) groups excluding carboxylic acids is 1. The summed E-state index contributed by atoms with van der Waals surface area (Å²) >= 11 is 0. The van der Waals surface area contributed by atoms with Gasteiger partial charge in [0.25, 0.3) is 5.91 Å². The van der Waals surface area contributed by atoms with Crippen LogP contribution in [0.3, 0.4) is 0 Å². The minimum atomic E-state index is -0.0789. The van der Waals surface area contributed by atoms with Crippen molar-refractivity contribution in [1.82, 2.24) is 9.88 Å². The molecule has 1 aliphatic rings. The summed E-state index contributed by atoms with van der Waals surface area (Å²) in [5.74, 6) is -0.0789. The highest BCUT2D eigenvalue weighted by Gasteiger charge is 2.22. The summed E-state index contributed by atoms with van der Waals surface area (Å²) in [6.45, 7) is 3.96. The van der Waals surface area contributed by atoms with E-state index < -0.39 is 0 Å². The van der Waals surface area contributed by atoms with Crippen LogP contribution in [0.5, 0.6) is 0 Å². The van der Waals surface area contributed by atoms with Crippen LogP contribution in [0.1, 0.15) is 23.8 Å². The minimum Gasteiger partial charge on any atom is -0.398 e. The second kappa shape index (κ2) is 5.69. The Hall–Kier alpha value is -2.14.